The maximum absolute atomic E-state index is 13.1. The predicted octanol–water partition coefficient (Wildman–Crippen LogP) is 4.67. The third-order valence-corrected chi connectivity index (χ3v) is 5.85. The number of carbonyl (C=O) groups excluding carboxylic acids is 1. The van der Waals surface area contributed by atoms with Crippen molar-refractivity contribution < 1.29 is 22.7 Å². The molecule has 0 unspecified atom stereocenters. The highest BCUT2D eigenvalue weighted by molar-refractivity contribution is 7.22. The number of hydrogen-bond acceptors (Lipinski definition) is 5. The van der Waals surface area contributed by atoms with Crippen LogP contribution >= 0.6 is 11.3 Å². The highest BCUT2D eigenvalue weighted by Gasteiger charge is 2.32. The zero-order valence-electron chi connectivity index (χ0n) is 16.0. The lowest BCUT2D eigenvalue weighted by molar-refractivity contribution is -0.274. The van der Waals surface area contributed by atoms with Gasteiger partial charge in [0, 0.05) is 25.1 Å². The lowest BCUT2D eigenvalue weighted by Gasteiger charge is -2.28. The minimum Gasteiger partial charge on any atom is -0.406 e. The van der Waals surface area contributed by atoms with Crippen molar-refractivity contribution in [1.29, 1.82) is 0 Å². The Morgan fingerprint density at radius 3 is 2.57 bits per heavy atom. The summed E-state index contributed by atoms with van der Waals surface area (Å²) in [5.41, 5.74) is 0.556. The second-order valence-electron chi connectivity index (χ2n) is 7.30. The lowest BCUT2D eigenvalue weighted by Crippen LogP contribution is -2.41. The topological polar surface area (TPSA) is 45.7 Å². The van der Waals surface area contributed by atoms with Crippen LogP contribution in [0.1, 0.15) is 32.1 Å². The minimum atomic E-state index is -4.74. The van der Waals surface area contributed by atoms with E-state index >= 15 is 0 Å². The van der Waals surface area contributed by atoms with E-state index in [1.165, 1.54) is 29.5 Å². The molecule has 1 aliphatic carbocycles. The molecule has 1 aromatic heterocycles. The Balaban J connectivity index is 1.87. The number of fused-ring (bicyclic) bond motifs is 1. The van der Waals surface area contributed by atoms with Gasteiger partial charge in [0.05, 0.1) is 10.2 Å². The van der Waals surface area contributed by atoms with Crippen molar-refractivity contribution in [1.82, 2.24) is 9.88 Å². The first-order chi connectivity index (χ1) is 13.2. The van der Waals surface area contributed by atoms with Gasteiger partial charge in [-0.1, -0.05) is 30.6 Å². The van der Waals surface area contributed by atoms with Gasteiger partial charge in [-0.25, -0.2) is 4.98 Å². The Bertz CT molecular complexity index is 816. The average Bonchev–Trinajstić information content (AvgIpc) is 3.03. The second kappa shape index (κ2) is 8.65. The van der Waals surface area contributed by atoms with Gasteiger partial charge < -0.3 is 9.64 Å². The number of alkyl halides is 3. The first-order valence-corrected chi connectivity index (χ1v) is 10.2. The molecule has 154 valence electrons. The van der Waals surface area contributed by atoms with E-state index in [9.17, 15) is 18.0 Å². The van der Waals surface area contributed by atoms with Crippen LogP contribution in [0.5, 0.6) is 5.75 Å². The zero-order valence-corrected chi connectivity index (χ0v) is 16.8. The summed E-state index contributed by atoms with van der Waals surface area (Å²) < 4.78 is 42.0. The summed E-state index contributed by atoms with van der Waals surface area (Å²) in [5.74, 6) is -0.229. The molecule has 1 aromatic carbocycles. The number of likely N-dealkylation sites (N-methyl/N-ethyl adjacent to an activating group) is 1. The standard InChI is InChI=1S/C19H24F3N3O2S/c1-24(2)10-11-25(17(26)13-6-4-3-5-7-13)18-23-15-9-8-14(12-16(15)28-18)27-19(20,21)22/h8-9,12-13H,3-7,10-11H2,1-2H3. The largest absolute Gasteiger partial charge is 0.573 e. The third-order valence-electron chi connectivity index (χ3n) is 4.80. The summed E-state index contributed by atoms with van der Waals surface area (Å²) in [6.45, 7) is 1.17. The van der Waals surface area contributed by atoms with Crippen LogP contribution in [0.4, 0.5) is 18.3 Å². The SMILES string of the molecule is CN(C)CCN(C(=O)C1CCCCC1)c1nc2ccc(OC(F)(F)F)cc2s1. The summed E-state index contributed by atoms with van der Waals surface area (Å²) >= 11 is 1.22. The number of halogens is 3. The van der Waals surface area contributed by atoms with Gasteiger partial charge >= 0.3 is 6.36 Å². The number of anilines is 1. The fourth-order valence-electron chi connectivity index (χ4n) is 3.38. The number of aromatic nitrogens is 1. The first-order valence-electron chi connectivity index (χ1n) is 9.35. The van der Waals surface area contributed by atoms with E-state index < -0.39 is 6.36 Å². The van der Waals surface area contributed by atoms with Crippen LogP contribution in [0.2, 0.25) is 0 Å². The van der Waals surface area contributed by atoms with Gasteiger partial charge in [0.1, 0.15) is 5.75 Å². The number of carbonyl (C=O) groups is 1. The number of hydrogen-bond donors (Lipinski definition) is 0. The molecular weight excluding hydrogens is 391 g/mol. The molecule has 1 amide bonds. The summed E-state index contributed by atoms with van der Waals surface area (Å²) in [6, 6.07) is 4.05. The van der Waals surface area contributed by atoms with E-state index in [-0.39, 0.29) is 17.6 Å². The van der Waals surface area contributed by atoms with Crippen LogP contribution in [0.3, 0.4) is 0 Å². The molecule has 3 rings (SSSR count). The number of benzene rings is 1. The Kier molecular flexibility index (Phi) is 6.44. The van der Waals surface area contributed by atoms with Crippen LogP contribution in [0.15, 0.2) is 18.2 Å². The van der Waals surface area contributed by atoms with Gasteiger partial charge in [-0.3, -0.25) is 9.69 Å². The summed E-state index contributed by atoms with van der Waals surface area (Å²) in [6.07, 6.45) is 0.282. The molecule has 1 saturated carbocycles. The predicted molar refractivity (Wildman–Crippen MR) is 104 cm³/mol. The molecule has 1 fully saturated rings. The maximum Gasteiger partial charge on any atom is 0.573 e. The monoisotopic (exact) mass is 415 g/mol. The van der Waals surface area contributed by atoms with Gasteiger partial charge in [0.15, 0.2) is 5.13 Å². The number of thiazole rings is 1. The molecule has 1 heterocycles. The van der Waals surface area contributed by atoms with E-state index in [2.05, 4.69) is 9.72 Å². The average molecular weight is 415 g/mol. The summed E-state index contributed by atoms with van der Waals surface area (Å²) in [7, 11) is 3.87. The molecule has 1 aliphatic rings. The van der Waals surface area contributed by atoms with Crippen molar-refractivity contribution in [2.24, 2.45) is 5.92 Å². The van der Waals surface area contributed by atoms with Crippen molar-refractivity contribution in [3.05, 3.63) is 18.2 Å². The number of amides is 1. The molecule has 2 aromatic rings. The van der Waals surface area contributed by atoms with E-state index in [0.717, 1.165) is 32.1 Å². The Morgan fingerprint density at radius 1 is 1.21 bits per heavy atom. The van der Waals surface area contributed by atoms with Crippen molar-refractivity contribution >= 4 is 32.6 Å². The first kappa shape index (κ1) is 20.9. The molecule has 0 atom stereocenters. The van der Waals surface area contributed by atoms with Crippen LogP contribution in [0.25, 0.3) is 10.2 Å². The van der Waals surface area contributed by atoms with Gasteiger partial charge in [-0.05, 0) is 39.1 Å². The molecule has 0 N–H and O–H groups in total. The van der Waals surface area contributed by atoms with E-state index in [4.69, 9.17) is 0 Å². The van der Waals surface area contributed by atoms with Crippen molar-refractivity contribution in [3.63, 3.8) is 0 Å². The van der Waals surface area contributed by atoms with Crippen molar-refractivity contribution in [3.8, 4) is 5.75 Å². The smallest absolute Gasteiger partial charge is 0.406 e. The quantitative estimate of drug-likeness (QED) is 0.688. The molecule has 0 radical (unpaired) electrons. The molecule has 0 aliphatic heterocycles. The number of ether oxygens (including phenoxy) is 1. The third kappa shape index (κ3) is 5.35. The molecular formula is C19H24F3N3O2S. The summed E-state index contributed by atoms with van der Waals surface area (Å²) in [4.78, 5) is 21.3. The summed E-state index contributed by atoms with van der Waals surface area (Å²) in [5, 5.41) is 0.525. The molecule has 0 spiro atoms. The van der Waals surface area contributed by atoms with Gasteiger partial charge in [0.25, 0.3) is 0 Å². The highest BCUT2D eigenvalue weighted by atomic mass is 32.1. The number of nitrogens with zero attached hydrogens (tertiary/aromatic N) is 3. The normalized spacial score (nSPS) is 15.9. The van der Waals surface area contributed by atoms with Gasteiger partial charge in [0.2, 0.25) is 5.91 Å². The molecule has 9 heteroatoms. The van der Waals surface area contributed by atoms with Crippen LogP contribution < -0.4 is 9.64 Å². The molecule has 5 nitrogen and oxygen atoms in total. The lowest BCUT2D eigenvalue weighted by atomic mass is 9.88. The Morgan fingerprint density at radius 2 is 1.93 bits per heavy atom. The highest BCUT2D eigenvalue weighted by Crippen LogP contribution is 2.35. The van der Waals surface area contributed by atoms with Crippen LogP contribution in [-0.4, -0.2) is 49.3 Å². The fourth-order valence-corrected chi connectivity index (χ4v) is 4.40. The Labute approximate surface area is 166 Å². The Hall–Kier alpha value is -1.87. The van der Waals surface area contributed by atoms with Crippen molar-refractivity contribution in [2.75, 3.05) is 32.1 Å². The van der Waals surface area contributed by atoms with Crippen LogP contribution in [0, 0.1) is 5.92 Å². The minimum absolute atomic E-state index is 0.00736. The molecule has 28 heavy (non-hydrogen) atoms. The van der Waals surface area contributed by atoms with Crippen LogP contribution in [-0.2, 0) is 4.79 Å². The number of rotatable bonds is 6. The molecule has 0 saturated heterocycles. The van der Waals surface area contributed by atoms with E-state index in [1.54, 1.807) is 4.90 Å². The molecule has 0 bridgehead atoms. The van der Waals surface area contributed by atoms with Gasteiger partial charge in [-0.15, -0.1) is 13.2 Å². The van der Waals surface area contributed by atoms with Crippen molar-refractivity contribution in [2.45, 2.75) is 38.5 Å². The zero-order chi connectivity index (χ0) is 20.3. The van der Waals surface area contributed by atoms with E-state index in [0.29, 0.717) is 28.4 Å². The fraction of sp³-hybridized carbons (Fsp3) is 0.579. The van der Waals surface area contributed by atoms with Gasteiger partial charge in [-0.2, -0.15) is 0 Å². The van der Waals surface area contributed by atoms with E-state index in [1.807, 2.05) is 19.0 Å². The maximum atomic E-state index is 13.1. The second-order valence-corrected chi connectivity index (χ2v) is 8.31.